The summed E-state index contributed by atoms with van der Waals surface area (Å²) in [5.74, 6) is 0.666. The highest BCUT2D eigenvalue weighted by atomic mass is 15.1. The maximum atomic E-state index is 4.09. The Hall–Kier alpha value is -0.960. The van der Waals surface area contributed by atoms with Crippen molar-refractivity contribution in [2.24, 2.45) is 5.92 Å². The van der Waals surface area contributed by atoms with E-state index in [9.17, 15) is 0 Å². The van der Waals surface area contributed by atoms with E-state index in [4.69, 9.17) is 0 Å². The van der Waals surface area contributed by atoms with Crippen molar-refractivity contribution < 1.29 is 0 Å². The van der Waals surface area contributed by atoms with E-state index >= 15 is 0 Å². The second kappa shape index (κ2) is 4.92. The summed E-state index contributed by atoms with van der Waals surface area (Å²) in [5, 5.41) is 11.2. The van der Waals surface area contributed by atoms with Crippen LogP contribution in [0.1, 0.15) is 32.0 Å². The van der Waals surface area contributed by atoms with Crippen molar-refractivity contribution in [1.82, 2.24) is 15.5 Å². The summed E-state index contributed by atoms with van der Waals surface area (Å²) in [4.78, 5) is 0. The molecule has 1 unspecified atom stereocenters. The lowest BCUT2D eigenvalue weighted by molar-refractivity contribution is 0.445. The third-order valence-electron chi connectivity index (χ3n) is 2.01. The minimum Gasteiger partial charge on any atom is -0.312 e. The van der Waals surface area contributed by atoms with Crippen molar-refractivity contribution in [1.29, 1.82) is 0 Å². The van der Waals surface area contributed by atoms with Gasteiger partial charge in [-0.1, -0.05) is 13.8 Å². The molecular weight excluding hydrogens is 162 g/mol. The Kier molecular flexibility index (Phi) is 3.83. The predicted octanol–water partition coefficient (Wildman–Crippen LogP) is 1.78. The molecule has 1 rings (SSSR count). The van der Waals surface area contributed by atoms with Crippen LogP contribution in [-0.2, 0) is 0 Å². The van der Waals surface area contributed by atoms with Crippen LogP contribution in [0.4, 0.5) is 0 Å². The highest BCUT2D eigenvalue weighted by molar-refractivity contribution is 5.05. The molecule has 0 fully saturated rings. The quantitative estimate of drug-likeness (QED) is 0.765. The Morgan fingerprint density at radius 2 is 2.23 bits per heavy atom. The van der Waals surface area contributed by atoms with Gasteiger partial charge >= 0.3 is 0 Å². The summed E-state index contributed by atoms with van der Waals surface area (Å²) < 4.78 is 0. The second-order valence-electron chi connectivity index (χ2n) is 3.62. The number of hydrogen-bond donors (Lipinski definition) is 1. The first-order valence-electron chi connectivity index (χ1n) is 4.69. The molecule has 1 heterocycles. The van der Waals surface area contributed by atoms with Crippen molar-refractivity contribution in [3.8, 4) is 0 Å². The molecule has 1 atom stereocenters. The molecule has 13 heavy (non-hydrogen) atoms. The minimum atomic E-state index is 0.327. The summed E-state index contributed by atoms with van der Waals surface area (Å²) in [7, 11) is 1.96. The maximum Gasteiger partial charge on any atom is 0.0800 e. The Morgan fingerprint density at radius 3 is 2.69 bits per heavy atom. The average molecular weight is 179 g/mol. The Labute approximate surface area is 79.6 Å². The molecule has 1 N–H and O–H groups in total. The Bertz CT molecular complexity index is 233. The third kappa shape index (κ3) is 3.11. The van der Waals surface area contributed by atoms with Crippen LogP contribution in [0.15, 0.2) is 18.3 Å². The zero-order valence-corrected chi connectivity index (χ0v) is 8.49. The molecule has 3 heteroatoms. The fourth-order valence-corrected chi connectivity index (χ4v) is 1.36. The van der Waals surface area contributed by atoms with Crippen LogP contribution >= 0.6 is 0 Å². The van der Waals surface area contributed by atoms with Crippen molar-refractivity contribution >= 4 is 0 Å². The highest BCUT2D eigenvalue weighted by Gasteiger charge is 2.11. The van der Waals surface area contributed by atoms with E-state index in [1.165, 1.54) is 0 Å². The molecule has 0 aliphatic carbocycles. The molecule has 0 amide bonds. The molecule has 1 aromatic heterocycles. The monoisotopic (exact) mass is 179 g/mol. The largest absolute Gasteiger partial charge is 0.312 e. The summed E-state index contributed by atoms with van der Waals surface area (Å²) in [5.41, 5.74) is 1.03. The average Bonchev–Trinajstić information content (AvgIpc) is 2.15. The van der Waals surface area contributed by atoms with Crippen LogP contribution in [0.3, 0.4) is 0 Å². The normalized spacial score (nSPS) is 13.2. The molecule has 72 valence electrons. The zero-order chi connectivity index (χ0) is 9.68. The van der Waals surface area contributed by atoms with Gasteiger partial charge in [0.1, 0.15) is 0 Å². The molecular formula is C10H17N3. The summed E-state index contributed by atoms with van der Waals surface area (Å²) in [6, 6.07) is 4.26. The fourth-order valence-electron chi connectivity index (χ4n) is 1.36. The van der Waals surface area contributed by atoms with Gasteiger partial charge in [0.15, 0.2) is 0 Å². The van der Waals surface area contributed by atoms with E-state index in [2.05, 4.69) is 29.4 Å². The fraction of sp³-hybridized carbons (Fsp3) is 0.600. The lowest BCUT2D eigenvalue weighted by Gasteiger charge is -2.16. The van der Waals surface area contributed by atoms with Crippen molar-refractivity contribution in [3.63, 3.8) is 0 Å². The van der Waals surface area contributed by atoms with Crippen LogP contribution in [0.25, 0.3) is 0 Å². The molecule has 0 bridgehead atoms. The molecule has 0 saturated carbocycles. The number of nitrogens with zero attached hydrogens (tertiary/aromatic N) is 2. The van der Waals surface area contributed by atoms with Crippen LogP contribution in [0.5, 0.6) is 0 Å². The standard InChI is InChI=1S/C10H17N3/c1-8(2)7-10(11-3)9-5-4-6-12-13-9/h4-6,8,10-11H,7H2,1-3H3. The first kappa shape index (κ1) is 10.1. The third-order valence-corrected chi connectivity index (χ3v) is 2.01. The molecule has 1 aromatic rings. The highest BCUT2D eigenvalue weighted by Crippen LogP contribution is 2.17. The molecule has 0 aliphatic heterocycles. The van der Waals surface area contributed by atoms with E-state index in [1.54, 1.807) is 6.20 Å². The Balaban J connectivity index is 2.67. The lowest BCUT2D eigenvalue weighted by Crippen LogP contribution is -2.19. The molecule has 0 radical (unpaired) electrons. The lowest BCUT2D eigenvalue weighted by atomic mass is 10.0. The van der Waals surface area contributed by atoms with E-state index in [0.717, 1.165) is 12.1 Å². The minimum absolute atomic E-state index is 0.327. The molecule has 0 saturated heterocycles. The first-order valence-corrected chi connectivity index (χ1v) is 4.69. The molecule has 0 aromatic carbocycles. The van der Waals surface area contributed by atoms with Crippen molar-refractivity contribution in [2.75, 3.05) is 7.05 Å². The smallest absolute Gasteiger partial charge is 0.0800 e. The Morgan fingerprint density at radius 1 is 1.46 bits per heavy atom. The number of hydrogen-bond acceptors (Lipinski definition) is 3. The van der Waals surface area contributed by atoms with Gasteiger partial charge in [-0.2, -0.15) is 10.2 Å². The molecule has 0 aliphatic rings. The van der Waals surface area contributed by atoms with Gasteiger partial charge in [0, 0.05) is 6.20 Å². The number of nitrogens with one attached hydrogen (secondary N) is 1. The predicted molar refractivity (Wildman–Crippen MR) is 53.3 cm³/mol. The van der Waals surface area contributed by atoms with Crippen LogP contribution in [0, 0.1) is 5.92 Å². The van der Waals surface area contributed by atoms with Gasteiger partial charge in [0.05, 0.1) is 11.7 Å². The van der Waals surface area contributed by atoms with Gasteiger partial charge in [-0.25, -0.2) is 0 Å². The number of rotatable bonds is 4. The van der Waals surface area contributed by atoms with Gasteiger partial charge in [0.2, 0.25) is 0 Å². The molecule has 0 spiro atoms. The van der Waals surface area contributed by atoms with Gasteiger partial charge < -0.3 is 5.32 Å². The number of aromatic nitrogens is 2. The maximum absolute atomic E-state index is 4.09. The van der Waals surface area contributed by atoms with E-state index < -0.39 is 0 Å². The van der Waals surface area contributed by atoms with Crippen LogP contribution in [0.2, 0.25) is 0 Å². The van der Waals surface area contributed by atoms with Gasteiger partial charge in [-0.15, -0.1) is 0 Å². The summed E-state index contributed by atoms with van der Waals surface area (Å²) in [6.07, 6.45) is 2.79. The van der Waals surface area contributed by atoms with Gasteiger partial charge in [0.25, 0.3) is 0 Å². The van der Waals surface area contributed by atoms with E-state index in [-0.39, 0.29) is 0 Å². The SMILES string of the molecule is CNC(CC(C)C)c1cccnn1. The van der Waals surface area contributed by atoms with Crippen LogP contribution in [-0.4, -0.2) is 17.2 Å². The topological polar surface area (TPSA) is 37.8 Å². The van der Waals surface area contributed by atoms with Crippen molar-refractivity contribution in [2.45, 2.75) is 26.3 Å². The van der Waals surface area contributed by atoms with Gasteiger partial charge in [-0.3, -0.25) is 0 Å². The first-order chi connectivity index (χ1) is 6.24. The van der Waals surface area contributed by atoms with E-state index in [1.807, 2.05) is 19.2 Å². The molecule has 3 nitrogen and oxygen atoms in total. The summed E-state index contributed by atoms with van der Waals surface area (Å²) >= 11 is 0. The van der Waals surface area contributed by atoms with Gasteiger partial charge in [-0.05, 0) is 31.5 Å². The second-order valence-corrected chi connectivity index (χ2v) is 3.62. The van der Waals surface area contributed by atoms with E-state index in [0.29, 0.717) is 12.0 Å². The zero-order valence-electron chi connectivity index (χ0n) is 8.49. The van der Waals surface area contributed by atoms with Crippen molar-refractivity contribution in [3.05, 3.63) is 24.0 Å². The summed E-state index contributed by atoms with van der Waals surface area (Å²) in [6.45, 7) is 4.42. The van der Waals surface area contributed by atoms with Crippen LogP contribution < -0.4 is 5.32 Å².